The first-order chi connectivity index (χ1) is 14.2. The molecule has 1 atom stereocenters. The van der Waals surface area contributed by atoms with Crippen LogP contribution in [0.4, 0.5) is 0 Å². The molecular formula is C21H27N5O2S. The quantitative estimate of drug-likeness (QED) is 0.770. The maximum absolute atomic E-state index is 12.9. The lowest BCUT2D eigenvalue weighted by Crippen LogP contribution is -2.57. The van der Waals surface area contributed by atoms with Crippen LogP contribution in [-0.2, 0) is 22.7 Å². The Morgan fingerprint density at radius 1 is 1.14 bits per heavy atom. The summed E-state index contributed by atoms with van der Waals surface area (Å²) in [5.41, 5.74) is 1.19. The van der Waals surface area contributed by atoms with Gasteiger partial charge in [0.1, 0.15) is 0 Å². The maximum Gasteiger partial charge on any atom is 0.237 e. The van der Waals surface area contributed by atoms with Crippen molar-refractivity contribution in [2.45, 2.75) is 25.6 Å². The molecule has 8 heteroatoms. The minimum atomic E-state index is -0.383. The molecule has 4 rings (SSSR count). The highest BCUT2D eigenvalue weighted by molar-refractivity contribution is 7.09. The van der Waals surface area contributed by atoms with Crippen LogP contribution in [0, 0.1) is 0 Å². The first-order valence-corrected chi connectivity index (χ1v) is 11.0. The van der Waals surface area contributed by atoms with E-state index in [1.54, 1.807) is 17.5 Å². The topological polar surface area (TPSA) is 68.8 Å². The number of amides is 2. The number of nitrogens with zero attached hydrogens (tertiary/aromatic N) is 4. The zero-order valence-electron chi connectivity index (χ0n) is 16.5. The molecule has 7 nitrogen and oxygen atoms in total. The van der Waals surface area contributed by atoms with Gasteiger partial charge in [-0.1, -0.05) is 12.1 Å². The minimum Gasteiger partial charge on any atom is -0.353 e. The van der Waals surface area contributed by atoms with E-state index in [1.807, 2.05) is 28.6 Å². The van der Waals surface area contributed by atoms with Crippen molar-refractivity contribution < 1.29 is 9.59 Å². The summed E-state index contributed by atoms with van der Waals surface area (Å²) in [6, 6.07) is 7.75. The average Bonchev–Trinajstić information content (AvgIpc) is 3.25. The Morgan fingerprint density at radius 3 is 2.72 bits per heavy atom. The molecular weight excluding hydrogens is 386 g/mol. The van der Waals surface area contributed by atoms with Crippen LogP contribution in [0.15, 0.2) is 42.0 Å². The van der Waals surface area contributed by atoms with E-state index < -0.39 is 0 Å². The number of hydrogen-bond donors (Lipinski definition) is 1. The van der Waals surface area contributed by atoms with Crippen LogP contribution < -0.4 is 5.32 Å². The van der Waals surface area contributed by atoms with Crippen LogP contribution >= 0.6 is 11.3 Å². The van der Waals surface area contributed by atoms with Gasteiger partial charge in [0.2, 0.25) is 11.8 Å². The molecule has 0 spiro atoms. The molecule has 0 bridgehead atoms. The predicted octanol–water partition coefficient (Wildman–Crippen LogP) is 1.18. The number of piperazine rings is 2. The Bertz CT molecular complexity index is 806. The van der Waals surface area contributed by atoms with Gasteiger partial charge in [-0.2, -0.15) is 0 Å². The third-order valence-corrected chi connectivity index (χ3v) is 6.46. The van der Waals surface area contributed by atoms with Crippen LogP contribution in [0.2, 0.25) is 0 Å². The van der Waals surface area contributed by atoms with Gasteiger partial charge in [-0.15, -0.1) is 11.3 Å². The summed E-state index contributed by atoms with van der Waals surface area (Å²) in [5, 5.41) is 4.97. The van der Waals surface area contributed by atoms with Crippen molar-refractivity contribution in [1.29, 1.82) is 0 Å². The smallest absolute Gasteiger partial charge is 0.237 e. The van der Waals surface area contributed by atoms with Crippen LogP contribution in [0.3, 0.4) is 0 Å². The van der Waals surface area contributed by atoms with E-state index in [1.165, 1.54) is 10.4 Å². The van der Waals surface area contributed by atoms with E-state index in [0.717, 1.165) is 32.7 Å². The van der Waals surface area contributed by atoms with Crippen LogP contribution in [0.25, 0.3) is 0 Å². The molecule has 154 valence electrons. The summed E-state index contributed by atoms with van der Waals surface area (Å²) in [4.78, 5) is 37.2. The largest absolute Gasteiger partial charge is 0.353 e. The molecule has 2 aromatic rings. The van der Waals surface area contributed by atoms with Gasteiger partial charge in [-0.25, -0.2) is 0 Å². The molecule has 1 N–H and O–H groups in total. The molecule has 2 amide bonds. The molecule has 0 saturated carbocycles. The molecule has 2 saturated heterocycles. The Hall–Kier alpha value is -2.29. The van der Waals surface area contributed by atoms with Crippen molar-refractivity contribution in [3.8, 4) is 0 Å². The lowest BCUT2D eigenvalue weighted by atomic mass is 10.1. The first kappa shape index (κ1) is 20.0. The predicted molar refractivity (Wildman–Crippen MR) is 112 cm³/mol. The van der Waals surface area contributed by atoms with Gasteiger partial charge in [0.05, 0.1) is 12.5 Å². The second kappa shape index (κ2) is 9.47. The van der Waals surface area contributed by atoms with Gasteiger partial charge in [0, 0.05) is 69.6 Å². The number of nitrogens with one attached hydrogen (secondary N) is 1. The van der Waals surface area contributed by atoms with Gasteiger partial charge in [-0.05, 0) is 23.1 Å². The van der Waals surface area contributed by atoms with Crippen molar-refractivity contribution in [2.24, 2.45) is 0 Å². The number of pyridine rings is 1. The number of hydrogen-bond acceptors (Lipinski definition) is 6. The summed E-state index contributed by atoms with van der Waals surface area (Å²) in [6.45, 7) is 6.10. The van der Waals surface area contributed by atoms with E-state index in [4.69, 9.17) is 0 Å². The monoisotopic (exact) mass is 413 g/mol. The zero-order chi connectivity index (χ0) is 20.1. The number of thiophene rings is 1. The Kier molecular flexibility index (Phi) is 6.53. The van der Waals surface area contributed by atoms with Crippen LogP contribution in [0.1, 0.15) is 16.9 Å². The van der Waals surface area contributed by atoms with Crippen molar-refractivity contribution in [3.05, 3.63) is 52.5 Å². The Labute approximate surface area is 175 Å². The molecule has 0 radical (unpaired) electrons. The minimum absolute atomic E-state index is 0.0311. The SMILES string of the molecule is O=C1NCCN(Cc2cccs2)C1CC(=O)N1CCN(Cc2cccnc2)CC1. The van der Waals surface area contributed by atoms with E-state index in [-0.39, 0.29) is 24.3 Å². The highest BCUT2D eigenvalue weighted by atomic mass is 32.1. The molecule has 2 aliphatic rings. The van der Waals surface area contributed by atoms with Gasteiger partial charge in [0.15, 0.2) is 0 Å². The second-order valence-corrected chi connectivity index (χ2v) is 8.61. The normalized spacial score (nSPS) is 21.2. The third-order valence-electron chi connectivity index (χ3n) is 5.60. The summed E-state index contributed by atoms with van der Waals surface area (Å²) < 4.78 is 0. The van der Waals surface area contributed by atoms with Crippen molar-refractivity contribution in [2.75, 3.05) is 39.3 Å². The van der Waals surface area contributed by atoms with Gasteiger partial charge in [-0.3, -0.25) is 24.4 Å². The molecule has 2 aliphatic heterocycles. The Balaban J connectivity index is 1.30. The standard InChI is InChI=1S/C21H27N5O2S/c27-20(25-10-8-24(9-11-25)15-17-3-1-5-22-14-17)13-19-21(28)23-6-7-26(19)16-18-4-2-12-29-18/h1-5,12,14,19H,6-11,13,15-16H2,(H,23,28). The fourth-order valence-corrected chi connectivity index (χ4v) is 4.71. The number of aromatic nitrogens is 1. The van der Waals surface area contributed by atoms with Gasteiger partial charge < -0.3 is 10.2 Å². The van der Waals surface area contributed by atoms with Crippen LogP contribution in [0.5, 0.6) is 0 Å². The molecule has 2 fully saturated rings. The maximum atomic E-state index is 12.9. The zero-order valence-corrected chi connectivity index (χ0v) is 17.3. The highest BCUT2D eigenvalue weighted by Crippen LogP contribution is 2.18. The Morgan fingerprint density at radius 2 is 2.00 bits per heavy atom. The number of rotatable bonds is 6. The fourth-order valence-electron chi connectivity index (χ4n) is 3.98. The third kappa shape index (κ3) is 5.20. The van der Waals surface area contributed by atoms with Crippen molar-refractivity contribution >= 4 is 23.2 Å². The van der Waals surface area contributed by atoms with Crippen molar-refractivity contribution in [3.63, 3.8) is 0 Å². The highest BCUT2D eigenvalue weighted by Gasteiger charge is 2.33. The summed E-state index contributed by atoms with van der Waals surface area (Å²) in [5.74, 6) is 0.0422. The molecule has 0 aromatic carbocycles. The number of carbonyl (C=O) groups excluding carboxylic acids is 2. The molecule has 1 unspecified atom stereocenters. The van der Waals surface area contributed by atoms with Gasteiger partial charge >= 0.3 is 0 Å². The molecule has 2 aromatic heterocycles. The molecule has 0 aliphatic carbocycles. The van der Waals surface area contributed by atoms with Gasteiger partial charge in [0.25, 0.3) is 0 Å². The van der Waals surface area contributed by atoms with E-state index in [9.17, 15) is 9.59 Å². The summed E-state index contributed by atoms with van der Waals surface area (Å²) in [7, 11) is 0. The lowest BCUT2D eigenvalue weighted by Gasteiger charge is -2.38. The fraction of sp³-hybridized carbons (Fsp3) is 0.476. The number of carbonyl (C=O) groups is 2. The van der Waals surface area contributed by atoms with Crippen LogP contribution in [-0.4, -0.2) is 76.8 Å². The molecule has 4 heterocycles. The molecule has 29 heavy (non-hydrogen) atoms. The second-order valence-electron chi connectivity index (χ2n) is 7.58. The van der Waals surface area contributed by atoms with E-state index in [0.29, 0.717) is 19.6 Å². The first-order valence-electron chi connectivity index (χ1n) is 10.1. The summed E-state index contributed by atoms with van der Waals surface area (Å²) >= 11 is 1.69. The van der Waals surface area contributed by atoms with E-state index in [2.05, 4.69) is 32.2 Å². The average molecular weight is 414 g/mol. The van der Waals surface area contributed by atoms with Crippen molar-refractivity contribution in [1.82, 2.24) is 25.0 Å². The van der Waals surface area contributed by atoms with E-state index >= 15 is 0 Å². The lowest BCUT2D eigenvalue weighted by molar-refractivity contribution is -0.140. The summed E-state index contributed by atoms with van der Waals surface area (Å²) in [6.07, 6.45) is 3.92.